The number of aryl methyl sites for hydroxylation is 1. The van der Waals surface area contributed by atoms with Crippen molar-refractivity contribution in [2.24, 2.45) is 11.7 Å². The average Bonchev–Trinajstić information content (AvgIpc) is 2.21. The minimum Gasteiger partial charge on any atom is -0.399 e. The van der Waals surface area contributed by atoms with Crippen LogP contribution in [0.4, 0.5) is 11.4 Å². The van der Waals surface area contributed by atoms with Crippen LogP contribution in [0.5, 0.6) is 0 Å². The predicted molar refractivity (Wildman–Crippen MR) is 86.1 cm³/mol. The molecule has 0 spiro atoms. The summed E-state index contributed by atoms with van der Waals surface area (Å²) in [5, 5.41) is 2.82. The first kappa shape index (κ1) is 20.3. The summed E-state index contributed by atoms with van der Waals surface area (Å²) in [7, 11) is 0. The van der Waals surface area contributed by atoms with Crippen LogP contribution in [0, 0.1) is 12.8 Å². The zero-order chi connectivity index (χ0) is 13.0. The van der Waals surface area contributed by atoms with Crippen molar-refractivity contribution in [3.05, 3.63) is 23.8 Å². The normalized spacial score (nSPS) is 11.2. The van der Waals surface area contributed by atoms with E-state index >= 15 is 0 Å². The van der Waals surface area contributed by atoms with Crippen LogP contribution in [0.2, 0.25) is 0 Å². The molecular formula is C13H23Cl2N3O. The fourth-order valence-corrected chi connectivity index (χ4v) is 1.67. The highest BCUT2D eigenvalue weighted by Gasteiger charge is 2.15. The van der Waals surface area contributed by atoms with Gasteiger partial charge in [-0.3, -0.25) is 4.79 Å². The van der Waals surface area contributed by atoms with Crippen molar-refractivity contribution in [1.82, 2.24) is 0 Å². The first-order valence-electron chi connectivity index (χ1n) is 5.82. The minimum atomic E-state index is -0.466. The Balaban J connectivity index is 0. The van der Waals surface area contributed by atoms with Crippen LogP contribution >= 0.6 is 24.8 Å². The molecule has 0 heterocycles. The van der Waals surface area contributed by atoms with Crippen LogP contribution in [0.25, 0.3) is 0 Å². The van der Waals surface area contributed by atoms with Crippen LogP contribution in [-0.4, -0.2) is 11.9 Å². The Bertz CT molecular complexity index is 411. The Morgan fingerprint density at radius 2 is 1.89 bits per heavy atom. The molecule has 1 aromatic rings. The Labute approximate surface area is 127 Å². The SMILES string of the molecule is Cc1cc(N)ccc1NC(=O)[C@@H](N)CC(C)C.Cl.Cl. The summed E-state index contributed by atoms with van der Waals surface area (Å²) >= 11 is 0. The quantitative estimate of drug-likeness (QED) is 0.748. The summed E-state index contributed by atoms with van der Waals surface area (Å²) in [6, 6.07) is 4.91. The van der Waals surface area contributed by atoms with Crippen LogP contribution < -0.4 is 16.8 Å². The van der Waals surface area contributed by atoms with Crippen molar-refractivity contribution in [3.8, 4) is 0 Å². The molecule has 1 amide bonds. The van der Waals surface area contributed by atoms with Gasteiger partial charge in [0, 0.05) is 11.4 Å². The van der Waals surface area contributed by atoms with E-state index in [9.17, 15) is 4.79 Å². The lowest BCUT2D eigenvalue weighted by Crippen LogP contribution is -2.36. The molecule has 5 N–H and O–H groups in total. The second kappa shape index (κ2) is 9.02. The summed E-state index contributed by atoms with van der Waals surface area (Å²) < 4.78 is 0. The molecule has 0 bridgehead atoms. The van der Waals surface area contributed by atoms with Crippen LogP contribution in [0.3, 0.4) is 0 Å². The van der Waals surface area contributed by atoms with Crippen LogP contribution in [0.1, 0.15) is 25.8 Å². The highest BCUT2D eigenvalue weighted by molar-refractivity contribution is 5.95. The maximum absolute atomic E-state index is 11.8. The van der Waals surface area contributed by atoms with E-state index in [0.717, 1.165) is 11.3 Å². The fraction of sp³-hybridized carbons (Fsp3) is 0.462. The van der Waals surface area contributed by atoms with E-state index < -0.39 is 6.04 Å². The number of nitrogen functional groups attached to an aromatic ring is 1. The van der Waals surface area contributed by atoms with Crippen molar-refractivity contribution in [2.75, 3.05) is 11.1 Å². The Morgan fingerprint density at radius 3 is 2.37 bits per heavy atom. The third kappa shape index (κ3) is 6.66. The van der Waals surface area contributed by atoms with Crippen LogP contribution in [0.15, 0.2) is 18.2 Å². The summed E-state index contributed by atoms with van der Waals surface area (Å²) in [6.45, 7) is 5.99. The molecular weight excluding hydrogens is 285 g/mol. The van der Waals surface area contributed by atoms with Gasteiger partial charge >= 0.3 is 0 Å². The molecule has 0 unspecified atom stereocenters. The standard InChI is InChI=1S/C13H21N3O.2ClH/c1-8(2)6-11(15)13(17)16-12-5-4-10(14)7-9(12)3;;/h4-5,7-8,11H,6,14-15H2,1-3H3,(H,16,17);2*1H/t11-;;/m0../s1. The lowest BCUT2D eigenvalue weighted by molar-refractivity contribution is -0.117. The lowest BCUT2D eigenvalue weighted by Gasteiger charge is -2.15. The number of nitrogens with two attached hydrogens (primary N) is 2. The van der Waals surface area contributed by atoms with E-state index in [1.165, 1.54) is 0 Å². The topological polar surface area (TPSA) is 81.1 Å². The molecule has 4 nitrogen and oxygen atoms in total. The second-order valence-corrected chi connectivity index (χ2v) is 4.80. The van der Waals surface area contributed by atoms with E-state index in [2.05, 4.69) is 5.32 Å². The van der Waals surface area contributed by atoms with E-state index in [1.54, 1.807) is 12.1 Å². The molecule has 6 heteroatoms. The molecule has 110 valence electrons. The number of hydrogen-bond acceptors (Lipinski definition) is 3. The Hall–Kier alpha value is -0.970. The van der Waals surface area contributed by atoms with Crippen molar-refractivity contribution < 1.29 is 4.79 Å². The number of halogens is 2. The Kier molecular flexibility index (Phi) is 9.66. The number of carbonyl (C=O) groups is 1. The van der Waals surface area contributed by atoms with Gasteiger partial charge in [-0.05, 0) is 43.0 Å². The Morgan fingerprint density at radius 1 is 1.32 bits per heavy atom. The largest absolute Gasteiger partial charge is 0.399 e. The average molecular weight is 308 g/mol. The third-order valence-electron chi connectivity index (χ3n) is 2.57. The van der Waals surface area contributed by atoms with Crippen molar-refractivity contribution in [3.63, 3.8) is 0 Å². The number of anilines is 2. The van der Waals surface area contributed by atoms with E-state index in [1.807, 2.05) is 26.8 Å². The van der Waals surface area contributed by atoms with Gasteiger partial charge in [0.25, 0.3) is 0 Å². The van der Waals surface area contributed by atoms with Gasteiger partial charge in [-0.1, -0.05) is 13.8 Å². The molecule has 1 atom stereocenters. The van der Waals surface area contributed by atoms with Crippen LogP contribution in [-0.2, 0) is 4.79 Å². The third-order valence-corrected chi connectivity index (χ3v) is 2.57. The molecule has 0 aliphatic rings. The van der Waals surface area contributed by atoms with E-state index in [0.29, 0.717) is 18.0 Å². The zero-order valence-electron chi connectivity index (χ0n) is 11.5. The first-order chi connectivity index (χ1) is 7.90. The monoisotopic (exact) mass is 307 g/mol. The maximum Gasteiger partial charge on any atom is 0.241 e. The number of amides is 1. The molecule has 19 heavy (non-hydrogen) atoms. The van der Waals surface area contributed by atoms with E-state index in [4.69, 9.17) is 11.5 Å². The first-order valence-corrected chi connectivity index (χ1v) is 5.82. The molecule has 0 saturated carbocycles. The molecule has 0 saturated heterocycles. The van der Waals surface area contributed by atoms with Crippen molar-refractivity contribution in [2.45, 2.75) is 33.2 Å². The fourth-order valence-electron chi connectivity index (χ4n) is 1.67. The molecule has 1 aromatic carbocycles. The highest BCUT2D eigenvalue weighted by atomic mass is 35.5. The van der Waals surface area contributed by atoms with E-state index in [-0.39, 0.29) is 30.7 Å². The number of rotatable bonds is 4. The van der Waals surface area contributed by atoms with Gasteiger partial charge in [-0.2, -0.15) is 0 Å². The summed E-state index contributed by atoms with van der Waals surface area (Å²) in [5.74, 6) is 0.259. The lowest BCUT2D eigenvalue weighted by atomic mass is 10.0. The second-order valence-electron chi connectivity index (χ2n) is 4.80. The van der Waals surface area contributed by atoms with Gasteiger partial charge in [-0.15, -0.1) is 24.8 Å². The van der Waals surface area contributed by atoms with Gasteiger partial charge in [0.1, 0.15) is 0 Å². The van der Waals surface area contributed by atoms with Gasteiger partial charge in [-0.25, -0.2) is 0 Å². The molecule has 0 aliphatic carbocycles. The molecule has 0 fully saturated rings. The molecule has 0 radical (unpaired) electrons. The smallest absolute Gasteiger partial charge is 0.241 e. The van der Waals surface area contributed by atoms with Gasteiger partial charge in [0.05, 0.1) is 6.04 Å². The van der Waals surface area contributed by atoms with Gasteiger partial charge in [0.15, 0.2) is 0 Å². The van der Waals surface area contributed by atoms with Crippen molar-refractivity contribution >= 4 is 42.1 Å². The number of nitrogens with one attached hydrogen (secondary N) is 1. The molecule has 0 aromatic heterocycles. The van der Waals surface area contributed by atoms with Gasteiger partial charge < -0.3 is 16.8 Å². The van der Waals surface area contributed by atoms with Crippen molar-refractivity contribution in [1.29, 1.82) is 0 Å². The molecule has 1 rings (SSSR count). The number of carbonyl (C=O) groups excluding carboxylic acids is 1. The maximum atomic E-state index is 11.8. The summed E-state index contributed by atoms with van der Waals surface area (Å²) in [5.41, 5.74) is 13.8. The number of hydrogen-bond donors (Lipinski definition) is 3. The summed E-state index contributed by atoms with van der Waals surface area (Å²) in [6.07, 6.45) is 0.680. The predicted octanol–water partition coefficient (Wildman–Crippen LogP) is 2.73. The number of benzene rings is 1. The highest BCUT2D eigenvalue weighted by Crippen LogP contribution is 2.18. The minimum absolute atomic E-state index is 0. The van der Waals surface area contributed by atoms with Gasteiger partial charge in [0.2, 0.25) is 5.91 Å². The summed E-state index contributed by atoms with van der Waals surface area (Å²) in [4.78, 5) is 11.8. The molecule has 0 aliphatic heterocycles. The zero-order valence-corrected chi connectivity index (χ0v) is 13.1.